The second-order valence-electron chi connectivity index (χ2n) is 4.73. The molecular formula is C11H10ClN2O3S3+. The van der Waals surface area contributed by atoms with Gasteiger partial charge < -0.3 is 0 Å². The van der Waals surface area contributed by atoms with Crippen molar-refractivity contribution < 1.29 is 17.8 Å². The van der Waals surface area contributed by atoms with Gasteiger partial charge in [0.1, 0.15) is 0 Å². The van der Waals surface area contributed by atoms with Crippen molar-refractivity contribution in [2.75, 3.05) is 6.26 Å². The minimum atomic E-state index is -3.57. The van der Waals surface area contributed by atoms with E-state index in [4.69, 9.17) is 23.8 Å². The molecule has 3 aliphatic heterocycles. The average Bonchev–Trinajstić information content (AvgIpc) is 2.76. The van der Waals surface area contributed by atoms with Gasteiger partial charge in [0.2, 0.25) is 0 Å². The van der Waals surface area contributed by atoms with Gasteiger partial charge in [0.05, 0.1) is 6.26 Å². The molecule has 3 atom stereocenters. The highest BCUT2D eigenvalue weighted by Crippen LogP contribution is 2.57. The molecule has 1 N–H and O–H groups in total. The van der Waals surface area contributed by atoms with Crippen molar-refractivity contribution in [2.24, 2.45) is 0 Å². The van der Waals surface area contributed by atoms with E-state index in [-0.39, 0.29) is 17.2 Å². The first-order chi connectivity index (χ1) is 9.25. The number of hydrogen-bond donors (Lipinski definition) is 1. The molecule has 0 aliphatic carbocycles. The zero-order valence-electron chi connectivity index (χ0n) is 10.2. The van der Waals surface area contributed by atoms with Crippen molar-refractivity contribution in [2.45, 2.75) is 11.3 Å². The van der Waals surface area contributed by atoms with Gasteiger partial charge in [-0.3, -0.25) is 0 Å². The average molecular weight is 350 g/mol. The lowest BCUT2D eigenvalue weighted by atomic mass is 9.93. The Bertz CT molecular complexity index is 709. The Balaban J connectivity index is 2.06. The van der Waals surface area contributed by atoms with Crippen LogP contribution in [0.2, 0.25) is 5.02 Å². The van der Waals surface area contributed by atoms with E-state index in [0.29, 0.717) is 9.34 Å². The van der Waals surface area contributed by atoms with Crippen LogP contribution in [0.15, 0.2) is 24.3 Å². The lowest BCUT2D eigenvalue weighted by Crippen LogP contribution is -2.73. The van der Waals surface area contributed by atoms with E-state index >= 15 is 0 Å². The SMILES string of the molecule is CS(=O)(=O)N[N+]12C(=O)C(SC1=S)C2c1ccc(Cl)cc1. The fourth-order valence-corrected chi connectivity index (χ4v) is 5.55. The molecule has 9 heteroatoms. The van der Waals surface area contributed by atoms with Gasteiger partial charge in [-0.05, 0) is 40.9 Å². The fourth-order valence-electron chi connectivity index (χ4n) is 2.56. The molecule has 0 saturated carbocycles. The number of hydrogen-bond acceptors (Lipinski definition) is 5. The summed E-state index contributed by atoms with van der Waals surface area (Å²) >= 11 is 12.3. The smallest absolute Gasteiger partial charge is 0.227 e. The topological polar surface area (TPSA) is 63.2 Å². The summed E-state index contributed by atoms with van der Waals surface area (Å²) in [6, 6.07) is 6.68. The molecule has 1 aromatic carbocycles. The summed E-state index contributed by atoms with van der Waals surface area (Å²) in [6.07, 6.45) is 1.02. The molecule has 106 valence electrons. The van der Waals surface area contributed by atoms with Crippen molar-refractivity contribution >= 4 is 55.8 Å². The van der Waals surface area contributed by atoms with Crippen molar-refractivity contribution in [3.8, 4) is 0 Å². The zero-order valence-corrected chi connectivity index (χ0v) is 13.4. The molecule has 3 heterocycles. The summed E-state index contributed by atoms with van der Waals surface area (Å²) in [5, 5.41) is 0.248. The van der Waals surface area contributed by atoms with Crippen LogP contribution in [0.5, 0.6) is 0 Å². The Morgan fingerprint density at radius 2 is 1.95 bits per heavy atom. The highest BCUT2D eigenvalue weighted by Gasteiger charge is 2.76. The lowest BCUT2D eigenvalue weighted by molar-refractivity contribution is -0.845. The third kappa shape index (κ3) is 1.94. The van der Waals surface area contributed by atoms with Gasteiger partial charge in [-0.2, -0.15) is 0 Å². The number of amides is 1. The Morgan fingerprint density at radius 3 is 2.45 bits per heavy atom. The molecule has 2 bridgehead atoms. The van der Waals surface area contributed by atoms with Crippen LogP contribution >= 0.6 is 35.6 Å². The summed E-state index contributed by atoms with van der Waals surface area (Å²) in [6.45, 7) is 0. The van der Waals surface area contributed by atoms with Crippen LogP contribution in [-0.2, 0) is 14.8 Å². The van der Waals surface area contributed by atoms with E-state index in [1.54, 1.807) is 24.3 Å². The first kappa shape index (κ1) is 14.4. The molecule has 0 aromatic heterocycles. The molecule has 1 aromatic rings. The number of carbonyl (C=O) groups is 1. The van der Waals surface area contributed by atoms with E-state index in [9.17, 15) is 13.2 Å². The van der Waals surface area contributed by atoms with Crippen LogP contribution < -0.4 is 4.83 Å². The fraction of sp³-hybridized carbons (Fsp3) is 0.273. The number of rotatable bonds is 3. The highest BCUT2D eigenvalue weighted by molar-refractivity contribution is 8.24. The summed E-state index contributed by atoms with van der Waals surface area (Å²) in [5.74, 6) is -0.217. The zero-order chi connectivity index (χ0) is 14.7. The first-order valence-corrected chi connectivity index (χ1v) is 9.20. The summed E-state index contributed by atoms with van der Waals surface area (Å²) < 4.78 is 23.0. The van der Waals surface area contributed by atoms with Gasteiger partial charge >= 0.3 is 5.91 Å². The number of thiocarbonyl (C=S) groups is 1. The van der Waals surface area contributed by atoms with E-state index in [1.807, 2.05) is 0 Å². The number of quaternary nitrogens is 1. The predicted octanol–water partition coefficient (Wildman–Crippen LogP) is 1.60. The number of halogens is 1. The number of thioether (sulfide) groups is 1. The Kier molecular flexibility index (Phi) is 3.24. The second-order valence-corrected chi connectivity index (χ2v) is 8.66. The quantitative estimate of drug-likeness (QED) is 0.510. The number of nitrogens with one attached hydrogen (secondary N) is 1. The first-order valence-electron chi connectivity index (χ1n) is 5.64. The van der Waals surface area contributed by atoms with Crippen LogP contribution in [0.3, 0.4) is 0 Å². The largest absolute Gasteiger partial charge is 0.360 e. The third-order valence-corrected chi connectivity index (χ3v) is 5.98. The number of benzene rings is 1. The maximum atomic E-state index is 12.2. The maximum Gasteiger partial charge on any atom is 0.360 e. The van der Waals surface area contributed by atoms with Gasteiger partial charge in [0, 0.05) is 10.6 Å². The van der Waals surface area contributed by atoms with Gasteiger partial charge in [-0.15, -0.1) is 4.59 Å². The predicted molar refractivity (Wildman–Crippen MR) is 81.4 cm³/mol. The molecular weight excluding hydrogens is 340 g/mol. The summed E-state index contributed by atoms with van der Waals surface area (Å²) in [7, 11) is -3.57. The number of nitrogens with zero attached hydrogens (tertiary/aromatic N) is 1. The monoisotopic (exact) mass is 349 g/mol. The van der Waals surface area contributed by atoms with E-state index in [2.05, 4.69) is 4.83 Å². The molecule has 1 amide bonds. The molecule has 5 nitrogen and oxygen atoms in total. The molecule has 0 spiro atoms. The summed E-state index contributed by atoms with van der Waals surface area (Å²) in [4.78, 5) is 14.6. The van der Waals surface area contributed by atoms with Gasteiger partial charge in [0.15, 0.2) is 11.3 Å². The second kappa shape index (κ2) is 4.49. The molecule has 4 rings (SSSR count). The van der Waals surface area contributed by atoms with Crippen LogP contribution in [0.25, 0.3) is 0 Å². The Hall–Kier alpha value is -0.510. The van der Waals surface area contributed by atoms with Crippen LogP contribution in [0.4, 0.5) is 0 Å². The van der Waals surface area contributed by atoms with Crippen LogP contribution in [0.1, 0.15) is 11.6 Å². The minimum absolute atomic E-state index is 0.217. The van der Waals surface area contributed by atoms with Crippen LogP contribution in [-0.4, -0.2) is 34.7 Å². The van der Waals surface area contributed by atoms with E-state index in [1.165, 1.54) is 11.8 Å². The van der Waals surface area contributed by atoms with E-state index in [0.717, 1.165) is 11.8 Å². The van der Waals surface area contributed by atoms with Crippen molar-refractivity contribution in [3.63, 3.8) is 0 Å². The van der Waals surface area contributed by atoms with Crippen molar-refractivity contribution in [1.82, 2.24) is 4.83 Å². The number of carbonyl (C=O) groups excluding carboxylic acids is 1. The van der Waals surface area contributed by atoms with Gasteiger partial charge in [-0.25, -0.2) is 13.2 Å². The molecule has 3 unspecified atom stereocenters. The standard InChI is InChI=1S/C11H10ClN2O3S3/c1-20(16,17)13-14-8(6-2-4-7(12)5-3-6)9(10(14)15)19-11(14)18/h2-5,8-9,13H,1H3/q+1. The van der Waals surface area contributed by atoms with E-state index < -0.39 is 14.6 Å². The van der Waals surface area contributed by atoms with Gasteiger partial charge in [-0.1, -0.05) is 23.7 Å². The number of β-lactam (4-membered cyclic amide) rings is 1. The molecule has 0 radical (unpaired) electrons. The molecule has 3 saturated heterocycles. The molecule has 3 fully saturated rings. The normalized spacial score (nSPS) is 32.3. The third-order valence-electron chi connectivity index (χ3n) is 3.33. The highest BCUT2D eigenvalue weighted by atomic mass is 35.5. The summed E-state index contributed by atoms with van der Waals surface area (Å²) in [5.41, 5.74) is 0.836. The Labute approximate surface area is 130 Å². The van der Waals surface area contributed by atoms with Crippen molar-refractivity contribution in [1.29, 1.82) is 0 Å². The number of fused-ring (bicyclic) bond motifs is 1. The van der Waals surface area contributed by atoms with Crippen LogP contribution in [0, 0.1) is 0 Å². The minimum Gasteiger partial charge on any atom is -0.227 e. The number of sulfonamides is 1. The maximum absolute atomic E-state index is 12.2. The Morgan fingerprint density at radius 1 is 1.35 bits per heavy atom. The molecule has 3 aliphatic rings. The molecule has 20 heavy (non-hydrogen) atoms. The van der Waals surface area contributed by atoms with Gasteiger partial charge in [0.25, 0.3) is 14.3 Å². The lowest BCUT2D eigenvalue weighted by Gasteiger charge is -2.42. The van der Waals surface area contributed by atoms with Crippen molar-refractivity contribution in [3.05, 3.63) is 34.9 Å².